The average Bonchev–Trinajstić information content (AvgIpc) is 2.46. The number of halogens is 1. The Balaban J connectivity index is 1.97. The Labute approximate surface area is 117 Å². The number of para-hydroxylation sites is 2. The molecule has 0 radical (unpaired) electrons. The van der Waals surface area contributed by atoms with Crippen molar-refractivity contribution < 1.29 is 0 Å². The molecule has 0 spiro atoms. The van der Waals surface area contributed by atoms with Gasteiger partial charge in [0.2, 0.25) is 0 Å². The number of hydrogen-bond acceptors (Lipinski definition) is 4. The lowest BCUT2D eigenvalue weighted by Crippen LogP contribution is -2.39. The van der Waals surface area contributed by atoms with Gasteiger partial charge in [0.1, 0.15) is 0 Å². The lowest BCUT2D eigenvalue weighted by atomic mass is 9.98. The number of aromatic nitrogens is 2. The van der Waals surface area contributed by atoms with E-state index in [1.165, 1.54) is 6.42 Å². The molecule has 1 aromatic heterocycles. The summed E-state index contributed by atoms with van der Waals surface area (Å²) >= 11 is 6.28. The first-order valence-electron chi connectivity index (χ1n) is 6.65. The van der Waals surface area contributed by atoms with Gasteiger partial charge in [0.05, 0.1) is 11.0 Å². The molecule has 4 nitrogen and oxygen atoms in total. The molecule has 1 aliphatic rings. The molecule has 1 unspecified atom stereocenters. The molecular weight excluding hydrogens is 260 g/mol. The van der Waals surface area contributed by atoms with Gasteiger partial charge in [0, 0.05) is 13.1 Å². The van der Waals surface area contributed by atoms with Crippen LogP contribution in [-0.4, -0.2) is 29.6 Å². The molecule has 0 amide bonds. The highest BCUT2D eigenvalue weighted by atomic mass is 35.5. The maximum absolute atomic E-state index is 6.28. The van der Waals surface area contributed by atoms with Crippen molar-refractivity contribution in [1.82, 2.24) is 9.97 Å². The molecule has 3 rings (SSSR count). The third kappa shape index (κ3) is 2.51. The normalized spacial score (nSPS) is 19.9. The van der Waals surface area contributed by atoms with E-state index in [4.69, 9.17) is 17.3 Å². The van der Waals surface area contributed by atoms with Gasteiger partial charge in [-0.15, -0.1) is 0 Å². The molecule has 2 aromatic rings. The molecule has 1 saturated heterocycles. The van der Waals surface area contributed by atoms with Crippen LogP contribution in [0.5, 0.6) is 0 Å². The topological polar surface area (TPSA) is 55.0 Å². The van der Waals surface area contributed by atoms with Crippen LogP contribution in [0, 0.1) is 5.92 Å². The predicted molar refractivity (Wildman–Crippen MR) is 78.5 cm³/mol. The second-order valence-corrected chi connectivity index (χ2v) is 5.37. The third-order valence-corrected chi connectivity index (χ3v) is 3.92. The fraction of sp³-hybridized carbons (Fsp3) is 0.429. The van der Waals surface area contributed by atoms with Gasteiger partial charge in [0.15, 0.2) is 11.0 Å². The van der Waals surface area contributed by atoms with Crippen molar-refractivity contribution in [2.45, 2.75) is 12.8 Å². The Kier molecular flexibility index (Phi) is 3.53. The average molecular weight is 277 g/mol. The number of benzene rings is 1. The van der Waals surface area contributed by atoms with Crippen molar-refractivity contribution >= 4 is 28.5 Å². The first-order chi connectivity index (χ1) is 9.28. The molecule has 1 atom stereocenters. The first kappa shape index (κ1) is 12.6. The van der Waals surface area contributed by atoms with Crippen LogP contribution < -0.4 is 10.6 Å². The van der Waals surface area contributed by atoms with Gasteiger partial charge in [-0.25, -0.2) is 9.97 Å². The predicted octanol–water partition coefficient (Wildman–Crippen LogP) is 2.46. The minimum absolute atomic E-state index is 0.483. The highest BCUT2D eigenvalue weighted by molar-refractivity contribution is 6.32. The van der Waals surface area contributed by atoms with Crippen molar-refractivity contribution in [3.8, 4) is 0 Å². The zero-order valence-electron chi connectivity index (χ0n) is 10.7. The zero-order chi connectivity index (χ0) is 13.2. The highest BCUT2D eigenvalue weighted by Crippen LogP contribution is 2.28. The number of piperidine rings is 1. The fourth-order valence-corrected chi connectivity index (χ4v) is 2.87. The maximum atomic E-state index is 6.28. The van der Waals surface area contributed by atoms with Gasteiger partial charge in [-0.3, -0.25) is 0 Å². The van der Waals surface area contributed by atoms with Crippen LogP contribution in [0.1, 0.15) is 12.8 Å². The monoisotopic (exact) mass is 276 g/mol. The number of nitrogens with zero attached hydrogens (tertiary/aromatic N) is 3. The van der Waals surface area contributed by atoms with E-state index >= 15 is 0 Å². The summed E-state index contributed by atoms with van der Waals surface area (Å²) in [4.78, 5) is 11.3. The van der Waals surface area contributed by atoms with Crippen molar-refractivity contribution in [1.29, 1.82) is 0 Å². The zero-order valence-corrected chi connectivity index (χ0v) is 11.5. The van der Waals surface area contributed by atoms with Crippen LogP contribution >= 0.6 is 11.6 Å². The van der Waals surface area contributed by atoms with Crippen LogP contribution in [0.4, 0.5) is 5.82 Å². The van der Waals surface area contributed by atoms with Gasteiger partial charge in [-0.2, -0.15) is 0 Å². The molecule has 1 aliphatic heterocycles. The lowest BCUT2D eigenvalue weighted by molar-refractivity contribution is 0.422. The number of fused-ring (bicyclic) bond motifs is 1. The van der Waals surface area contributed by atoms with Crippen molar-refractivity contribution in [2.75, 3.05) is 24.5 Å². The Morgan fingerprint density at radius 1 is 1.26 bits per heavy atom. The molecule has 0 aliphatic carbocycles. The van der Waals surface area contributed by atoms with E-state index in [1.807, 2.05) is 24.3 Å². The van der Waals surface area contributed by atoms with E-state index in [1.54, 1.807) is 0 Å². The summed E-state index contributed by atoms with van der Waals surface area (Å²) in [7, 11) is 0. The summed E-state index contributed by atoms with van der Waals surface area (Å²) in [5, 5.41) is 0.483. The number of anilines is 1. The Bertz CT molecular complexity index is 587. The van der Waals surface area contributed by atoms with Crippen LogP contribution in [0.3, 0.4) is 0 Å². The minimum atomic E-state index is 0.483. The van der Waals surface area contributed by atoms with Gasteiger partial charge in [-0.05, 0) is 37.4 Å². The molecule has 0 saturated carbocycles. The minimum Gasteiger partial charge on any atom is -0.354 e. The molecule has 5 heteroatoms. The van der Waals surface area contributed by atoms with E-state index < -0.39 is 0 Å². The summed E-state index contributed by atoms with van der Waals surface area (Å²) < 4.78 is 0. The number of nitrogens with two attached hydrogens (primary N) is 1. The van der Waals surface area contributed by atoms with E-state index in [2.05, 4.69) is 14.9 Å². The van der Waals surface area contributed by atoms with Gasteiger partial charge in [0.25, 0.3) is 0 Å². The SMILES string of the molecule is NCC1CCCN(c2nc3ccccc3nc2Cl)C1. The Morgan fingerprint density at radius 3 is 2.74 bits per heavy atom. The molecule has 1 aromatic carbocycles. The van der Waals surface area contributed by atoms with E-state index in [-0.39, 0.29) is 0 Å². The van der Waals surface area contributed by atoms with Crippen LogP contribution in [0.15, 0.2) is 24.3 Å². The Hall–Kier alpha value is -1.39. The maximum Gasteiger partial charge on any atom is 0.172 e. The quantitative estimate of drug-likeness (QED) is 0.915. The second-order valence-electron chi connectivity index (χ2n) is 5.02. The lowest BCUT2D eigenvalue weighted by Gasteiger charge is -2.33. The van der Waals surface area contributed by atoms with Crippen molar-refractivity contribution in [3.05, 3.63) is 29.4 Å². The molecule has 19 heavy (non-hydrogen) atoms. The standard InChI is InChI=1S/C14H17ClN4/c15-13-14(19-7-3-4-10(8-16)9-19)18-12-6-2-1-5-11(12)17-13/h1-2,5-6,10H,3-4,7-9,16H2. The smallest absolute Gasteiger partial charge is 0.172 e. The summed E-state index contributed by atoms with van der Waals surface area (Å²) in [6.45, 7) is 2.61. The van der Waals surface area contributed by atoms with E-state index in [0.717, 1.165) is 42.9 Å². The van der Waals surface area contributed by atoms with Crippen molar-refractivity contribution in [2.24, 2.45) is 11.7 Å². The molecule has 1 fully saturated rings. The molecule has 2 heterocycles. The van der Waals surface area contributed by atoms with Crippen LogP contribution in [0.2, 0.25) is 5.15 Å². The second kappa shape index (κ2) is 5.31. The molecule has 2 N–H and O–H groups in total. The molecular formula is C14H17ClN4. The highest BCUT2D eigenvalue weighted by Gasteiger charge is 2.22. The van der Waals surface area contributed by atoms with E-state index in [9.17, 15) is 0 Å². The third-order valence-electron chi connectivity index (χ3n) is 3.66. The summed E-state index contributed by atoms with van der Waals surface area (Å²) in [6, 6.07) is 7.80. The van der Waals surface area contributed by atoms with E-state index in [0.29, 0.717) is 11.1 Å². The number of hydrogen-bond donors (Lipinski definition) is 1. The van der Waals surface area contributed by atoms with Gasteiger partial charge < -0.3 is 10.6 Å². The molecule has 100 valence electrons. The first-order valence-corrected chi connectivity index (χ1v) is 7.03. The van der Waals surface area contributed by atoms with Gasteiger partial charge in [-0.1, -0.05) is 23.7 Å². The summed E-state index contributed by atoms with van der Waals surface area (Å²) in [6.07, 6.45) is 2.32. The fourth-order valence-electron chi connectivity index (χ4n) is 2.62. The largest absolute Gasteiger partial charge is 0.354 e. The van der Waals surface area contributed by atoms with Crippen LogP contribution in [-0.2, 0) is 0 Å². The summed E-state index contributed by atoms with van der Waals surface area (Å²) in [5.41, 5.74) is 7.50. The summed E-state index contributed by atoms with van der Waals surface area (Å²) in [5.74, 6) is 1.32. The van der Waals surface area contributed by atoms with Crippen molar-refractivity contribution in [3.63, 3.8) is 0 Å². The number of rotatable bonds is 2. The Morgan fingerprint density at radius 2 is 2.00 bits per heavy atom. The van der Waals surface area contributed by atoms with Gasteiger partial charge >= 0.3 is 0 Å². The molecule has 0 bridgehead atoms. The van der Waals surface area contributed by atoms with Crippen LogP contribution in [0.25, 0.3) is 11.0 Å².